The number of nitrogens with zero attached hydrogens (tertiary/aromatic N) is 2. The highest BCUT2D eigenvalue weighted by Crippen LogP contribution is 2.37. The maximum absolute atomic E-state index is 6.18. The van der Waals surface area contributed by atoms with Crippen molar-refractivity contribution in [2.24, 2.45) is 0 Å². The number of hydrogen-bond donors (Lipinski definition) is 1. The zero-order chi connectivity index (χ0) is 16.7. The van der Waals surface area contributed by atoms with Gasteiger partial charge in [-0.15, -0.1) is 10.2 Å². The van der Waals surface area contributed by atoms with E-state index in [1.165, 1.54) is 17.7 Å². The van der Waals surface area contributed by atoms with Gasteiger partial charge in [0.2, 0.25) is 0 Å². The molecular formula is C18H18ClN3O2. The monoisotopic (exact) mass is 343 g/mol. The molecule has 2 aromatic heterocycles. The lowest BCUT2D eigenvalue weighted by atomic mass is 10.0. The van der Waals surface area contributed by atoms with Gasteiger partial charge in [-0.3, -0.25) is 0 Å². The van der Waals surface area contributed by atoms with Gasteiger partial charge >= 0.3 is 0 Å². The molecule has 2 heterocycles. The second kappa shape index (κ2) is 6.07. The van der Waals surface area contributed by atoms with E-state index in [0.717, 1.165) is 40.7 Å². The molecule has 0 amide bonds. The summed E-state index contributed by atoms with van der Waals surface area (Å²) in [6, 6.07) is 5.79. The lowest BCUT2D eigenvalue weighted by molar-refractivity contribution is 0.0515. The number of benzene rings is 1. The zero-order valence-electron chi connectivity index (χ0n) is 13.6. The average Bonchev–Trinajstić information content (AvgIpc) is 3.13. The van der Waals surface area contributed by atoms with Gasteiger partial charge in [-0.2, -0.15) is 0 Å². The van der Waals surface area contributed by atoms with Crippen molar-refractivity contribution in [1.29, 1.82) is 0 Å². The Morgan fingerprint density at radius 2 is 2.08 bits per heavy atom. The van der Waals surface area contributed by atoms with Crippen LogP contribution in [0.15, 0.2) is 18.2 Å². The Hall–Kier alpha value is -2.11. The molecule has 4 rings (SSSR count). The summed E-state index contributed by atoms with van der Waals surface area (Å²) in [6.07, 6.45) is 3.37. The lowest BCUT2D eigenvalue weighted by Gasteiger charge is -2.13. The third-order valence-electron chi connectivity index (χ3n) is 4.46. The van der Waals surface area contributed by atoms with Crippen molar-refractivity contribution in [3.05, 3.63) is 40.0 Å². The molecule has 5 nitrogen and oxygen atoms in total. The quantitative estimate of drug-likeness (QED) is 0.726. The molecule has 24 heavy (non-hydrogen) atoms. The molecule has 0 spiro atoms. The van der Waals surface area contributed by atoms with Crippen LogP contribution in [0.25, 0.3) is 22.3 Å². The minimum atomic E-state index is 0.155. The van der Waals surface area contributed by atoms with Gasteiger partial charge in [0.1, 0.15) is 5.75 Å². The molecule has 0 saturated carbocycles. The van der Waals surface area contributed by atoms with Gasteiger partial charge in [-0.05, 0) is 55.5 Å². The van der Waals surface area contributed by atoms with Crippen molar-refractivity contribution in [3.8, 4) is 17.0 Å². The third kappa shape index (κ3) is 2.54. The number of halogens is 1. The zero-order valence-corrected chi connectivity index (χ0v) is 14.4. The van der Waals surface area contributed by atoms with Gasteiger partial charge in [-0.25, -0.2) is 0 Å². The molecule has 0 saturated heterocycles. The highest BCUT2D eigenvalue weighted by molar-refractivity contribution is 6.31. The van der Waals surface area contributed by atoms with Crippen LogP contribution in [-0.4, -0.2) is 29.1 Å². The molecule has 124 valence electrons. The highest BCUT2D eigenvalue weighted by atomic mass is 35.5. The van der Waals surface area contributed by atoms with E-state index >= 15 is 0 Å². The Kier molecular flexibility index (Phi) is 3.90. The summed E-state index contributed by atoms with van der Waals surface area (Å²) in [7, 11) is 1.59. The first-order chi connectivity index (χ1) is 11.7. The van der Waals surface area contributed by atoms with Crippen LogP contribution in [0.1, 0.15) is 23.2 Å². The predicted molar refractivity (Wildman–Crippen MR) is 93.6 cm³/mol. The molecule has 0 radical (unpaired) electrons. The number of aryl methyl sites for hydroxylation is 3. The van der Waals surface area contributed by atoms with Crippen molar-refractivity contribution in [3.63, 3.8) is 0 Å². The van der Waals surface area contributed by atoms with Crippen LogP contribution in [0.2, 0.25) is 5.02 Å². The summed E-state index contributed by atoms with van der Waals surface area (Å²) >= 11 is 6.18. The van der Waals surface area contributed by atoms with E-state index in [1.807, 2.05) is 13.0 Å². The van der Waals surface area contributed by atoms with Gasteiger partial charge in [0.05, 0.1) is 5.69 Å². The molecule has 1 aliphatic carbocycles. The van der Waals surface area contributed by atoms with Gasteiger partial charge in [0.15, 0.2) is 12.4 Å². The Balaban J connectivity index is 1.87. The van der Waals surface area contributed by atoms with Crippen molar-refractivity contribution < 1.29 is 9.47 Å². The van der Waals surface area contributed by atoms with Gasteiger partial charge in [-0.1, -0.05) is 11.6 Å². The fourth-order valence-corrected chi connectivity index (χ4v) is 3.70. The topological polar surface area (TPSA) is 60.0 Å². The van der Waals surface area contributed by atoms with Gasteiger partial charge in [0.25, 0.3) is 0 Å². The van der Waals surface area contributed by atoms with E-state index in [-0.39, 0.29) is 6.79 Å². The van der Waals surface area contributed by atoms with Crippen LogP contribution in [-0.2, 0) is 17.6 Å². The second-order valence-corrected chi connectivity index (χ2v) is 6.51. The van der Waals surface area contributed by atoms with Crippen LogP contribution < -0.4 is 4.74 Å². The number of hydrogen-bond acceptors (Lipinski definition) is 4. The summed E-state index contributed by atoms with van der Waals surface area (Å²) in [5.74, 6) is 0.655. The first-order valence-corrected chi connectivity index (χ1v) is 8.34. The third-order valence-corrected chi connectivity index (χ3v) is 4.68. The minimum Gasteiger partial charge on any atom is -0.467 e. The molecule has 1 N–H and O–H groups in total. The molecule has 0 bridgehead atoms. The predicted octanol–water partition coefficient (Wildman–Crippen LogP) is 4.06. The highest BCUT2D eigenvalue weighted by Gasteiger charge is 2.20. The average molecular weight is 344 g/mol. The lowest BCUT2D eigenvalue weighted by Crippen LogP contribution is -2.02. The largest absolute Gasteiger partial charge is 0.467 e. The summed E-state index contributed by atoms with van der Waals surface area (Å²) in [4.78, 5) is 3.38. The molecule has 0 atom stereocenters. The van der Waals surface area contributed by atoms with Crippen LogP contribution >= 0.6 is 11.6 Å². The molecular weight excluding hydrogens is 326 g/mol. The Morgan fingerprint density at radius 1 is 1.21 bits per heavy atom. The van der Waals surface area contributed by atoms with Crippen LogP contribution in [0, 0.1) is 6.92 Å². The number of ether oxygens (including phenoxy) is 2. The SMILES string of the molecule is COCOc1cc(Cl)cc(C)c1-c1cc2c3c([nH]c2nn1)CCC3. The smallest absolute Gasteiger partial charge is 0.188 e. The summed E-state index contributed by atoms with van der Waals surface area (Å²) in [6.45, 7) is 2.15. The summed E-state index contributed by atoms with van der Waals surface area (Å²) in [5.41, 5.74) is 6.20. The number of fused-ring (bicyclic) bond motifs is 3. The molecule has 0 fully saturated rings. The molecule has 3 aromatic rings. The van der Waals surface area contributed by atoms with Gasteiger partial charge < -0.3 is 14.5 Å². The normalized spacial score (nSPS) is 13.5. The molecule has 1 aromatic carbocycles. The van der Waals surface area contributed by atoms with Crippen molar-refractivity contribution in [2.75, 3.05) is 13.9 Å². The Bertz CT molecular complexity index is 920. The van der Waals surface area contributed by atoms with Crippen LogP contribution in [0.3, 0.4) is 0 Å². The molecule has 0 unspecified atom stereocenters. The first-order valence-electron chi connectivity index (χ1n) is 7.97. The Morgan fingerprint density at radius 3 is 2.92 bits per heavy atom. The van der Waals surface area contributed by atoms with E-state index < -0.39 is 0 Å². The number of aromatic nitrogens is 3. The molecule has 1 aliphatic rings. The van der Waals surface area contributed by atoms with E-state index in [9.17, 15) is 0 Å². The van der Waals surface area contributed by atoms with E-state index in [2.05, 4.69) is 21.2 Å². The molecule has 6 heteroatoms. The maximum Gasteiger partial charge on any atom is 0.188 e. The Labute approximate surface area is 145 Å². The standard InChI is InChI=1S/C18H18ClN3O2/c1-10-6-11(19)7-16(24-9-23-2)17(10)15-8-13-12-4-3-5-14(12)20-18(13)22-21-15/h6-8H,3-5,9H2,1-2H3,(H,20,22). The fourth-order valence-electron chi connectivity index (χ4n) is 3.43. The number of nitrogens with one attached hydrogen (secondary N) is 1. The van der Waals surface area contributed by atoms with Crippen LogP contribution in [0.5, 0.6) is 5.75 Å². The van der Waals surface area contributed by atoms with Crippen molar-refractivity contribution >= 4 is 22.6 Å². The summed E-state index contributed by atoms with van der Waals surface area (Å²) < 4.78 is 10.7. The number of aromatic amines is 1. The van der Waals surface area contributed by atoms with Crippen molar-refractivity contribution in [1.82, 2.24) is 15.2 Å². The van der Waals surface area contributed by atoms with Gasteiger partial charge in [0, 0.05) is 28.8 Å². The fraction of sp³-hybridized carbons (Fsp3) is 0.333. The number of H-pyrrole nitrogens is 1. The van der Waals surface area contributed by atoms with E-state index in [0.29, 0.717) is 10.8 Å². The molecule has 0 aliphatic heterocycles. The van der Waals surface area contributed by atoms with E-state index in [1.54, 1.807) is 13.2 Å². The van der Waals surface area contributed by atoms with Crippen LogP contribution in [0.4, 0.5) is 0 Å². The minimum absolute atomic E-state index is 0.155. The first kappa shape index (κ1) is 15.4. The van der Waals surface area contributed by atoms with E-state index in [4.69, 9.17) is 21.1 Å². The summed E-state index contributed by atoms with van der Waals surface area (Å²) in [5, 5.41) is 10.6. The maximum atomic E-state index is 6.18. The van der Waals surface area contributed by atoms with Crippen molar-refractivity contribution in [2.45, 2.75) is 26.2 Å². The number of methoxy groups -OCH3 is 1. The number of rotatable bonds is 4. The second-order valence-electron chi connectivity index (χ2n) is 6.07.